The Morgan fingerprint density at radius 1 is 1.12 bits per heavy atom. The third-order valence-electron chi connectivity index (χ3n) is 3.32. The second-order valence-electron chi connectivity index (χ2n) is 5.62. The minimum Gasteiger partial charge on any atom is -0.339 e. The zero-order valence-electron chi connectivity index (χ0n) is 14.2. The van der Waals surface area contributed by atoms with Crippen LogP contribution in [0, 0.1) is 6.92 Å². The fraction of sp³-hybridized carbons (Fsp3) is 0.158. The molecule has 0 saturated heterocycles. The lowest BCUT2D eigenvalue weighted by Crippen LogP contribution is -2.16. The van der Waals surface area contributed by atoms with E-state index in [1.54, 1.807) is 44.4 Å². The van der Waals surface area contributed by atoms with E-state index in [1.165, 1.54) is 11.0 Å². The molecule has 0 aromatic heterocycles. The van der Waals surface area contributed by atoms with Gasteiger partial charge in [-0.05, 0) is 66.2 Å². The number of rotatable bonds is 4. The number of hydrogen-bond acceptors (Lipinski definition) is 3. The van der Waals surface area contributed by atoms with Crippen molar-refractivity contribution in [1.29, 1.82) is 0 Å². The van der Waals surface area contributed by atoms with Crippen molar-refractivity contribution in [1.82, 2.24) is 4.90 Å². The van der Waals surface area contributed by atoms with Gasteiger partial charge < -0.3 is 10.2 Å². The summed E-state index contributed by atoms with van der Waals surface area (Å²) in [7, 11) is 3.41. The van der Waals surface area contributed by atoms with Crippen LogP contribution in [0.15, 0.2) is 53.4 Å². The maximum absolute atomic E-state index is 12.0. The number of amides is 2. The minimum atomic E-state index is -0.235. The fourth-order valence-electron chi connectivity index (χ4n) is 1.87. The topological polar surface area (TPSA) is 49.4 Å². The van der Waals surface area contributed by atoms with Gasteiger partial charge in [-0.15, -0.1) is 0 Å². The van der Waals surface area contributed by atoms with E-state index in [1.807, 2.05) is 25.1 Å². The monoisotopic (exact) mass is 374 g/mol. The first kappa shape index (κ1) is 19.1. The van der Waals surface area contributed by atoms with Crippen LogP contribution in [0.4, 0.5) is 10.5 Å². The summed E-state index contributed by atoms with van der Waals surface area (Å²) in [5, 5.41) is 3.40. The Hall–Kier alpha value is -2.24. The SMILES string of the molecule is Cc1ccc(/C=C/C(=O)Nc2ccc(SC(=O)N(C)C)cc2)cc1Cl. The van der Waals surface area contributed by atoms with Crippen molar-refractivity contribution in [2.75, 3.05) is 19.4 Å². The Labute approximate surface area is 156 Å². The molecule has 0 aliphatic heterocycles. The number of halogens is 1. The molecular weight excluding hydrogens is 356 g/mol. The van der Waals surface area contributed by atoms with Crippen molar-refractivity contribution in [3.8, 4) is 0 Å². The van der Waals surface area contributed by atoms with Gasteiger partial charge in [-0.2, -0.15) is 0 Å². The van der Waals surface area contributed by atoms with Gasteiger partial charge >= 0.3 is 0 Å². The van der Waals surface area contributed by atoms with Gasteiger partial charge in [0.05, 0.1) is 0 Å². The average Bonchev–Trinajstić information content (AvgIpc) is 2.57. The summed E-state index contributed by atoms with van der Waals surface area (Å²) < 4.78 is 0. The molecule has 0 spiro atoms. The molecule has 0 aliphatic carbocycles. The van der Waals surface area contributed by atoms with Crippen LogP contribution in [0.5, 0.6) is 0 Å². The molecule has 0 aliphatic rings. The molecule has 130 valence electrons. The summed E-state index contributed by atoms with van der Waals surface area (Å²) in [6.45, 7) is 1.93. The predicted octanol–water partition coefficient (Wildman–Crippen LogP) is 5.07. The van der Waals surface area contributed by atoms with E-state index in [4.69, 9.17) is 11.6 Å². The normalized spacial score (nSPS) is 10.7. The number of thioether (sulfide) groups is 1. The number of hydrogen-bond donors (Lipinski definition) is 1. The van der Waals surface area contributed by atoms with E-state index in [-0.39, 0.29) is 11.1 Å². The van der Waals surface area contributed by atoms with Gasteiger partial charge in [0.2, 0.25) is 5.91 Å². The summed E-state index contributed by atoms with van der Waals surface area (Å²) in [5.74, 6) is -0.235. The Bertz CT molecular complexity index is 802. The number of carbonyl (C=O) groups is 2. The first-order chi connectivity index (χ1) is 11.8. The summed E-state index contributed by atoms with van der Waals surface area (Å²) in [6.07, 6.45) is 3.17. The van der Waals surface area contributed by atoms with Gasteiger partial charge in [0.1, 0.15) is 0 Å². The zero-order chi connectivity index (χ0) is 18.4. The maximum atomic E-state index is 12.0. The Kier molecular flexibility index (Phi) is 6.67. The van der Waals surface area contributed by atoms with Crippen molar-refractivity contribution in [2.24, 2.45) is 0 Å². The van der Waals surface area contributed by atoms with Crippen molar-refractivity contribution in [2.45, 2.75) is 11.8 Å². The number of nitrogens with one attached hydrogen (secondary N) is 1. The summed E-state index contributed by atoms with van der Waals surface area (Å²) in [6, 6.07) is 12.7. The lowest BCUT2D eigenvalue weighted by molar-refractivity contribution is -0.111. The van der Waals surface area contributed by atoms with Gasteiger partial charge in [-0.3, -0.25) is 9.59 Å². The highest BCUT2D eigenvalue weighted by atomic mass is 35.5. The van der Waals surface area contributed by atoms with E-state index in [9.17, 15) is 9.59 Å². The molecule has 2 rings (SSSR count). The van der Waals surface area contributed by atoms with Gasteiger partial charge in [0.25, 0.3) is 5.24 Å². The first-order valence-electron chi connectivity index (χ1n) is 7.59. The molecule has 0 heterocycles. The third kappa shape index (κ3) is 5.96. The molecule has 4 nitrogen and oxygen atoms in total. The van der Waals surface area contributed by atoms with Crippen molar-refractivity contribution < 1.29 is 9.59 Å². The quantitative estimate of drug-likeness (QED) is 0.600. The van der Waals surface area contributed by atoms with Gasteiger partial charge in [-0.25, -0.2) is 0 Å². The van der Waals surface area contributed by atoms with Crippen molar-refractivity contribution in [3.63, 3.8) is 0 Å². The Morgan fingerprint density at radius 2 is 1.80 bits per heavy atom. The molecule has 0 unspecified atom stereocenters. The standard InChI is InChI=1S/C19H19ClN2O2S/c1-13-4-5-14(12-17(13)20)6-11-18(23)21-15-7-9-16(10-8-15)25-19(24)22(2)3/h4-12H,1-3H3,(H,21,23)/b11-6+. The lowest BCUT2D eigenvalue weighted by Gasteiger charge is -2.09. The summed E-state index contributed by atoms with van der Waals surface area (Å²) in [5.41, 5.74) is 2.52. The molecule has 6 heteroatoms. The molecule has 0 saturated carbocycles. The van der Waals surface area contributed by atoms with E-state index >= 15 is 0 Å². The zero-order valence-corrected chi connectivity index (χ0v) is 15.8. The predicted molar refractivity (Wildman–Crippen MR) is 105 cm³/mol. The Balaban J connectivity index is 1.94. The van der Waals surface area contributed by atoms with Gasteiger partial charge in [0, 0.05) is 35.8 Å². The molecule has 2 amide bonds. The van der Waals surface area contributed by atoms with E-state index in [0.29, 0.717) is 10.7 Å². The molecular formula is C19H19ClN2O2S. The van der Waals surface area contributed by atoms with Crippen LogP contribution < -0.4 is 5.32 Å². The summed E-state index contributed by atoms with van der Waals surface area (Å²) in [4.78, 5) is 26.0. The molecule has 2 aromatic rings. The molecule has 0 fully saturated rings. The van der Waals surface area contributed by atoms with E-state index in [0.717, 1.165) is 27.8 Å². The molecule has 0 bridgehead atoms. The second-order valence-corrected chi connectivity index (χ2v) is 7.05. The smallest absolute Gasteiger partial charge is 0.285 e. The highest BCUT2D eigenvalue weighted by Gasteiger charge is 2.06. The van der Waals surface area contributed by atoms with Crippen LogP contribution in [0.2, 0.25) is 5.02 Å². The van der Waals surface area contributed by atoms with E-state index < -0.39 is 0 Å². The number of anilines is 1. The minimum absolute atomic E-state index is 0.0449. The van der Waals surface area contributed by atoms with Crippen LogP contribution >= 0.6 is 23.4 Å². The van der Waals surface area contributed by atoms with Crippen molar-refractivity contribution >= 4 is 46.3 Å². The molecule has 1 N–H and O–H groups in total. The van der Waals surface area contributed by atoms with Crippen LogP contribution in [0.3, 0.4) is 0 Å². The average molecular weight is 375 g/mol. The Morgan fingerprint density at radius 3 is 2.40 bits per heavy atom. The lowest BCUT2D eigenvalue weighted by atomic mass is 10.1. The summed E-state index contributed by atoms with van der Waals surface area (Å²) >= 11 is 7.20. The highest BCUT2D eigenvalue weighted by Crippen LogP contribution is 2.22. The molecule has 0 atom stereocenters. The molecule has 2 aromatic carbocycles. The highest BCUT2D eigenvalue weighted by molar-refractivity contribution is 8.13. The molecule has 0 radical (unpaired) electrons. The number of aryl methyl sites for hydroxylation is 1. The number of nitrogens with zero attached hydrogens (tertiary/aromatic N) is 1. The fourth-order valence-corrected chi connectivity index (χ4v) is 2.71. The van der Waals surface area contributed by atoms with Gasteiger partial charge in [0.15, 0.2) is 0 Å². The third-order valence-corrected chi connectivity index (χ3v) is 4.77. The number of benzene rings is 2. The molecule has 25 heavy (non-hydrogen) atoms. The van der Waals surface area contributed by atoms with Crippen LogP contribution in [-0.4, -0.2) is 30.1 Å². The van der Waals surface area contributed by atoms with Crippen LogP contribution in [0.25, 0.3) is 6.08 Å². The first-order valence-corrected chi connectivity index (χ1v) is 8.79. The second kappa shape index (κ2) is 8.74. The van der Waals surface area contributed by atoms with Crippen molar-refractivity contribution in [3.05, 3.63) is 64.7 Å². The van der Waals surface area contributed by atoms with Crippen LogP contribution in [-0.2, 0) is 4.79 Å². The maximum Gasteiger partial charge on any atom is 0.285 e. The van der Waals surface area contributed by atoms with E-state index in [2.05, 4.69) is 5.32 Å². The van der Waals surface area contributed by atoms with Gasteiger partial charge in [-0.1, -0.05) is 23.7 Å². The van der Waals surface area contributed by atoms with Crippen LogP contribution in [0.1, 0.15) is 11.1 Å². The largest absolute Gasteiger partial charge is 0.339 e. The number of carbonyl (C=O) groups excluding carboxylic acids is 2.